The van der Waals surface area contributed by atoms with E-state index in [4.69, 9.17) is 4.74 Å². The highest BCUT2D eigenvalue weighted by atomic mass is 16.5. The fourth-order valence-electron chi connectivity index (χ4n) is 1.89. The van der Waals surface area contributed by atoms with Gasteiger partial charge in [-0.1, -0.05) is 49.9 Å². The van der Waals surface area contributed by atoms with Gasteiger partial charge in [-0.25, -0.2) is 0 Å². The molecule has 2 aromatic rings. The van der Waals surface area contributed by atoms with E-state index in [1.165, 1.54) is 22.3 Å². The second-order valence-corrected chi connectivity index (χ2v) is 4.26. The van der Waals surface area contributed by atoms with Crippen LogP contribution in [-0.4, -0.2) is 7.11 Å². The highest BCUT2D eigenvalue weighted by Crippen LogP contribution is 2.24. The van der Waals surface area contributed by atoms with Crippen LogP contribution in [0.15, 0.2) is 55.1 Å². The third-order valence-corrected chi connectivity index (χ3v) is 3.14. The fourth-order valence-corrected chi connectivity index (χ4v) is 1.89. The van der Waals surface area contributed by atoms with Gasteiger partial charge in [0.05, 0.1) is 7.11 Å². The minimum absolute atomic E-state index is 0.884. The van der Waals surface area contributed by atoms with Gasteiger partial charge >= 0.3 is 0 Å². The van der Waals surface area contributed by atoms with Crippen LogP contribution < -0.4 is 4.74 Å². The first-order chi connectivity index (χ1) is 8.74. The zero-order valence-corrected chi connectivity index (χ0v) is 10.9. The summed E-state index contributed by atoms with van der Waals surface area (Å²) in [6.07, 6.45) is 0.988. The second kappa shape index (κ2) is 5.54. The van der Waals surface area contributed by atoms with Crippen LogP contribution in [0.25, 0.3) is 16.7 Å². The van der Waals surface area contributed by atoms with Crippen molar-refractivity contribution in [1.29, 1.82) is 0 Å². The third kappa shape index (κ3) is 2.62. The molecule has 1 nitrogen and oxygen atoms in total. The van der Waals surface area contributed by atoms with Crippen molar-refractivity contribution in [1.82, 2.24) is 0 Å². The molecule has 2 rings (SSSR count). The quantitative estimate of drug-likeness (QED) is 0.744. The Balaban J connectivity index is 2.25. The lowest BCUT2D eigenvalue weighted by molar-refractivity contribution is 0.415. The molecule has 0 amide bonds. The van der Waals surface area contributed by atoms with Gasteiger partial charge < -0.3 is 4.74 Å². The summed E-state index contributed by atoms with van der Waals surface area (Å²) in [6, 6.07) is 16.6. The topological polar surface area (TPSA) is 9.23 Å². The van der Waals surface area contributed by atoms with E-state index in [0.29, 0.717) is 0 Å². The van der Waals surface area contributed by atoms with Gasteiger partial charge in [-0.2, -0.15) is 0 Å². The highest BCUT2D eigenvalue weighted by molar-refractivity contribution is 5.69. The SMILES string of the molecule is C=C(CC)c1ccc(-c2ccc(OC)cc2)cc1. The van der Waals surface area contributed by atoms with Crippen LogP contribution in [-0.2, 0) is 0 Å². The maximum absolute atomic E-state index is 5.16. The van der Waals surface area contributed by atoms with Gasteiger partial charge in [0.2, 0.25) is 0 Å². The Morgan fingerprint density at radius 2 is 1.44 bits per heavy atom. The largest absolute Gasteiger partial charge is 0.497 e. The van der Waals surface area contributed by atoms with Crippen molar-refractivity contribution >= 4 is 5.57 Å². The van der Waals surface area contributed by atoms with Crippen molar-refractivity contribution < 1.29 is 4.74 Å². The molecule has 0 heterocycles. The number of allylic oxidation sites excluding steroid dienone is 1. The lowest BCUT2D eigenvalue weighted by atomic mass is 10.00. The van der Waals surface area contributed by atoms with Gasteiger partial charge in [-0.15, -0.1) is 0 Å². The van der Waals surface area contributed by atoms with Crippen molar-refractivity contribution in [3.8, 4) is 16.9 Å². The summed E-state index contributed by atoms with van der Waals surface area (Å²) in [5, 5.41) is 0. The van der Waals surface area contributed by atoms with Crippen LogP contribution >= 0.6 is 0 Å². The zero-order chi connectivity index (χ0) is 13.0. The zero-order valence-electron chi connectivity index (χ0n) is 10.9. The maximum atomic E-state index is 5.16. The first-order valence-corrected chi connectivity index (χ1v) is 6.17. The van der Waals surface area contributed by atoms with Gasteiger partial charge in [0, 0.05) is 0 Å². The van der Waals surface area contributed by atoms with Gasteiger partial charge in [-0.05, 0) is 40.8 Å². The summed E-state index contributed by atoms with van der Waals surface area (Å²) in [7, 11) is 1.68. The van der Waals surface area contributed by atoms with Crippen LogP contribution in [0, 0.1) is 0 Å². The number of methoxy groups -OCH3 is 1. The van der Waals surface area contributed by atoms with Crippen LogP contribution in [0.4, 0.5) is 0 Å². The lowest BCUT2D eigenvalue weighted by Crippen LogP contribution is -1.84. The van der Waals surface area contributed by atoms with E-state index in [1.54, 1.807) is 7.11 Å². The Hall–Kier alpha value is -2.02. The summed E-state index contributed by atoms with van der Waals surface area (Å²) in [5.74, 6) is 0.884. The van der Waals surface area contributed by atoms with Gasteiger partial charge in [0.15, 0.2) is 0 Å². The molecule has 0 aromatic heterocycles. The summed E-state index contributed by atoms with van der Waals surface area (Å²) in [6.45, 7) is 6.18. The molecule has 0 radical (unpaired) electrons. The molecule has 0 unspecified atom stereocenters. The Morgan fingerprint density at radius 3 is 1.89 bits per heavy atom. The second-order valence-electron chi connectivity index (χ2n) is 4.26. The van der Waals surface area contributed by atoms with Crippen molar-refractivity contribution in [2.75, 3.05) is 7.11 Å². The summed E-state index contributed by atoms with van der Waals surface area (Å²) >= 11 is 0. The van der Waals surface area contributed by atoms with E-state index < -0.39 is 0 Å². The average Bonchev–Trinajstić information content (AvgIpc) is 2.47. The average molecular weight is 238 g/mol. The van der Waals surface area contributed by atoms with E-state index in [2.05, 4.69) is 49.9 Å². The molecular formula is C17H18O. The van der Waals surface area contributed by atoms with Gasteiger partial charge in [0.1, 0.15) is 5.75 Å². The molecule has 0 atom stereocenters. The van der Waals surface area contributed by atoms with E-state index in [-0.39, 0.29) is 0 Å². The lowest BCUT2D eigenvalue weighted by Gasteiger charge is -2.06. The number of hydrogen-bond donors (Lipinski definition) is 0. The smallest absolute Gasteiger partial charge is 0.118 e. The Bertz CT molecular complexity index is 521. The number of rotatable bonds is 4. The van der Waals surface area contributed by atoms with Gasteiger partial charge in [-0.3, -0.25) is 0 Å². The number of ether oxygens (including phenoxy) is 1. The molecule has 0 spiro atoms. The van der Waals surface area contributed by atoms with E-state index in [9.17, 15) is 0 Å². The van der Waals surface area contributed by atoms with E-state index in [1.807, 2.05) is 12.1 Å². The molecule has 18 heavy (non-hydrogen) atoms. The van der Waals surface area contributed by atoms with Crippen LogP contribution in [0.3, 0.4) is 0 Å². The third-order valence-electron chi connectivity index (χ3n) is 3.14. The first kappa shape index (κ1) is 12.4. The maximum Gasteiger partial charge on any atom is 0.118 e. The summed E-state index contributed by atoms with van der Waals surface area (Å²) < 4.78 is 5.16. The van der Waals surface area contributed by atoms with Crippen molar-refractivity contribution in [3.63, 3.8) is 0 Å². The highest BCUT2D eigenvalue weighted by Gasteiger charge is 2.00. The summed E-state index contributed by atoms with van der Waals surface area (Å²) in [5.41, 5.74) is 4.81. The summed E-state index contributed by atoms with van der Waals surface area (Å²) in [4.78, 5) is 0. The molecule has 0 saturated heterocycles. The molecule has 0 bridgehead atoms. The van der Waals surface area contributed by atoms with Gasteiger partial charge in [0.25, 0.3) is 0 Å². The Morgan fingerprint density at radius 1 is 0.944 bits per heavy atom. The molecule has 1 heteroatoms. The minimum Gasteiger partial charge on any atom is -0.497 e. The fraction of sp³-hybridized carbons (Fsp3) is 0.176. The van der Waals surface area contributed by atoms with Crippen molar-refractivity contribution in [2.24, 2.45) is 0 Å². The molecule has 0 aliphatic rings. The molecule has 2 aromatic carbocycles. The van der Waals surface area contributed by atoms with Crippen molar-refractivity contribution in [2.45, 2.75) is 13.3 Å². The molecule has 0 aliphatic heterocycles. The number of benzene rings is 2. The first-order valence-electron chi connectivity index (χ1n) is 6.17. The predicted octanol–water partition coefficient (Wildman–Crippen LogP) is 4.79. The molecule has 0 aliphatic carbocycles. The molecular weight excluding hydrogens is 220 g/mol. The number of hydrogen-bond acceptors (Lipinski definition) is 1. The standard InChI is InChI=1S/C17H18O/c1-4-13(2)14-5-7-15(8-6-14)16-9-11-17(18-3)12-10-16/h5-12H,2,4H2,1,3H3. The van der Waals surface area contributed by atoms with Crippen LogP contribution in [0.1, 0.15) is 18.9 Å². The van der Waals surface area contributed by atoms with E-state index >= 15 is 0 Å². The Labute approximate surface area is 109 Å². The monoisotopic (exact) mass is 238 g/mol. The molecule has 0 fully saturated rings. The predicted molar refractivity (Wildman–Crippen MR) is 77.8 cm³/mol. The van der Waals surface area contributed by atoms with Crippen molar-refractivity contribution in [3.05, 3.63) is 60.7 Å². The minimum atomic E-state index is 0.884. The van der Waals surface area contributed by atoms with E-state index in [0.717, 1.165) is 12.2 Å². The Kier molecular flexibility index (Phi) is 3.83. The van der Waals surface area contributed by atoms with Crippen LogP contribution in [0.2, 0.25) is 0 Å². The van der Waals surface area contributed by atoms with Crippen LogP contribution in [0.5, 0.6) is 5.75 Å². The molecule has 0 N–H and O–H groups in total. The molecule has 0 saturated carbocycles. The molecule has 92 valence electrons. The normalized spacial score (nSPS) is 10.1.